The lowest BCUT2D eigenvalue weighted by atomic mass is 10.1. The van der Waals surface area contributed by atoms with Crippen molar-refractivity contribution in [3.05, 3.63) is 89.5 Å². The highest BCUT2D eigenvalue weighted by atomic mass is 19.1. The van der Waals surface area contributed by atoms with Crippen molar-refractivity contribution in [2.24, 2.45) is 0 Å². The standard InChI is InChI=1S/C21H22FN3O/c1-2-12-24(16-19-8-3-4-10-20(19)22)21(26)18-9-5-7-17(14-18)15-25-13-6-11-23-25/h3-11,13-14H,2,12,15-16H2,1H3. The fourth-order valence-corrected chi connectivity index (χ4v) is 2.92. The molecule has 0 atom stereocenters. The number of carbonyl (C=O) groups excluding carboxylic acids is 1. The topological polar surface area (TPSA) is 38.1 Å². The summed E-state index contributed by atoms with van der Waals surface area (Å²) in [6.45, 7) is 3.46. The van der Waals surface area contributed by atoms with Gasteiger partial charge in [0, 0.05) is 36.6 Å². The van der Waals surface area contributed by atoms with E-state index < -0.39 is 0 Å². The Kier molecular flexibility index (Phi) is 5.79. The van der Waals surface area contributed by atoms with Gasteiger partial charge in [-0.3, -0.25) is 9.48 Å². The normalized spacial score (nSPS) is 10.7. The third kappa shape index (κ3) is 4.36. The summed E-state index contributed by atoms with van der Waals surface area (Å²) in [4.78, 5) is 14.7. The fourth-order valence-electron chi connectivity index (χ4n) is 2.92. The Balaban J connectivity index is 1.79. The Morgan fingerprint density at radius 1 is 1.15 bits per heavy atom. The van der Waals surface area contributed by atoms with Crippen LogP contribution in [-0.4, -0.2) is 27.1 Å². The van der Waals surface area contributed by atoms with Crippen LogP contribution in [0.5, 0.6) is 0 Å². The number of nitrogens with zero attached hydrogens (tertiary/aromatic N) is 3. The molecule has 1 aromatic heterocycles. The Bertz CT molecular complexity index is 861. The highest BCUT2D eigenvalue weighted by Gasteiger charge is 2.17. The van der Waals surface area contributed by atoms with Gasteiger partial charge in [-0.05, 0) is 36.2 Å². The Labute approximate surface area is 152 Å². The number of halogens is 1. The maximum absolute atomic E-state index is 14.0. The molecule has 0 saturated carbocycles. The average Bonchev–Trinajstić information content (AvgIpc) is 3.16. The van der Waals surface area contributed by atoms with E-state index in [0.717, 1.165) is 12.0 Å². The minimum atomic E-state index is -0.283. The third-order valence-electron chi connectivity index (χ3n) is 4.18. The van der Waals surface area contributed by atoms with Crippen molar-refractivity contribution in [3.8, 4) is 0 Å². The Hall–Kier alpha value is -2.95. The van der Waals surface area contributed by atoms with Crippen molar-refractivity contribution >= 4 is 5.91 Å². The molecule has 5 heteroatoms. The molecule has 0 spiro atoms. The first-order valence-corrected chi connectivity index (χ1v) is 8.76. The highest BCUT2D eigenvalue weighted by Crippen LogP contribution is 2.15. The van der Waals surface area contributed by atoms with E-state index in [1.54, 1.807) is 35.4 Å². The summed E-state index contributed by atoms with van der Waals surface area (Å²) in [6, 6.07) is 16.0. The molecule has 0 aliphatic rings. The molecule has 0 unspecified atom stereocenters. The first kappa shape index (κ1) is 17.9. The van der Waals surface area contributed by atoms with E-state index in [4.69, 9.17) is 0 Å². The van der Waals surface area contributed by atoms with Crippen LogP contribution in [0, 0.1) is 5.82 Å². The molecule has 2 aromatic carbocycles. The second-order valence-corrected chi connectivity index (χ2v) is 6.22. The van der Waals surface area contributed by atoms with Crippen LogP contribution in [0.3, 0.4) is 0 Å². The molecule has 0 N–H and O–H groups in total. The van der Waals surface area contributed by atoms with Crippen LogP contribution >= 0.6 is 0 Å². The average molecular weight is 351 g/mol. The van der Waals surface area contributed by atoms with E-state index in [9.17, 15) is 9.18 Å². The van der Waals surface area contributed by atoms with Crippen molar-refractivity contribution in [2.45, 2.75) is 26.4 Å². The molecule has 4 nitrogen and oxygen atoms in total. The number of hydrogen-bond acceptors (Lipinski definition) is 2. The monoisotopic (exact) mass is 351 g/mol. The molecule has 0 saturated heterocycles. The zero-order chi connectivity index (χ0) is 18.4. The van der Waals surface area contributed by atoms with Crippen molar-refractivity contribution in [1.29, 1.82) is 0 Å². The van der Waals surface area contributed by atoms with Gasteiger partial charge in [-0.1, -0.05) is 37.3 Å². The minimum absolute atomic E-state index is 0.0857. The van der Waals surface area contributed by atoms with Gasteiger partial charge in [0.25, 0.3) is 5.91 Å². The predicted octanol–water partition coefficient (Wildman–Crippen LogP) is 4.12. The van der Waals surface area contributed by atoms with Crippen molar-refractivity contribution < 1.29 is 9.18 Å². The van der Waals surface area contributed by atoms with Gasteiger partial charge >= 0.3 is 0 Å². The third-order valence-corrected chi connectivity index (χ3v) is 4.18. The predicted molar refractivity (Wildman–Crippen MR) is 99.2 cm³/mol. The van der Waals surface area contributed by atoms with Gasteiger partial charge in [0.15, 0.2) is 0 Å². The van der Waals surface area contributed by atoms with Gasteiger partial charge in [-0.15, -0.1) is 0 Å². The van der Waals surface area contributed by atoms with Gasteiger partial charge < -0.3 is 4.90 Å². The van der Waals surface area contributed by atoms with Crippen LogP contribution in [0.2, 0.25) is 0 Å². The van der Waals surface area contributed by atoms with E-state index >= 15 is 0 Å². The second-order valence-electron chi connectivity index (χ2n) is 6.22. The van der Waals surface area contributed by atoms with E-state index in [1.807, 2.05) is 42.1 Å². The smallest absolute Gasteiger partial charge is 0.254 e. The number of carbonyl (C=O) groups is 1. The van der Waals surface area contributed by atoms with Crippen LogP contribution in [0.4, 0.5) is 4.39 Å². The lowest BCUT2D eigenvalue weighted by Gasteiger charge is -2.23. The molecule has 134 valence electrons. The molecule has 0 radical (unpaired) electrons. The highest BCUT2D eigenvalue weighted by molar-refractivity contribution is 5.94. The number of hydrogen-bond donors (Lipinski definition) is 0. The molecule has 0 aliphatic carbocycles. The van der Waals surface area contributed by atoms with Crippen LogP contribution in [0.15, 0.2) is 67.0 Å². The molecular weight excluding hydrogens is 329 g/mol. The van der Waals surface area contributed by atoms with Gasteiger partial charge in [0.2, 0.25) is 0 Å². The Morgan fingerprint density at radius 2 is 2.00 bits per heavy atom. The number of benzene rings is 2. The first-order valence-electron chi connectivity index (χ1n) is 8.76. The van der Waals surface area contributed by atoms with E-state index in [-0.39, 0.29) is 18.3 Å². The molecule has 1 heterocycles. The van der Waals surface area contributed by atoms with Crippen LogP contribution in [0.1, 0.15) is 34.8 Å². The molecule has 26 heavy (non-hydrogen) atoms. The van der Waals surface area contributed by atoms with Gasteiger partial charge in [-0.25, -0.2) is 4.39 Å². The van der Waals surface area contributed by atoms with Gasteiger partial charge in [0.05, 0.1) is 6.54 Å². The summed E-state index contributed by atoms with van der Waals surface area (Å²) in [7, 11) is 0. The minimum Gasteiger partial charge on any atom is -0.334 e. The number of aromatic nitrogens is 2. The zero-order valence-corrected chi connectivity index (χ0v) is 14.8. The maximum atomic E-state index is 14.0. The van der Waals surface area contributed by atoms with E-state index in [1.165, 1.54) is 6.07 Å². The van der Waals surface area contributed by atoms with E-state index in [0.29, 0.717) is 24.2 Å². The molecular formula is C21H22FN3O. The van der Waals surface area contributed by atoms with Crippen LogP contribution in [-0.2, 0) is 13.1 Å². The molecule has 3 aromatic rings. The summed E-state index contributed by atoms with van der Waals surface area (Å²) in [5, 5.41) is 4.20. The number of amides is 1. The fraction of sp³-hybridized carbons (Fsp3) is 0.238. The quantitative estimate of drug-likeness (QED) is 0.642. The molecule has 0 aliphatic heterocycles. The molecule has 0 bridgehead atoms. The van der Waals surface area contributed by atoms with Gasteiger partial charge in [0.1, 0.15) is 5.82 Å². The van der Waals surface area contributed by atoms with Crippen LogP contribution in [0.25, 0.3) is 0 Å². The largest absolute Gasteiger partial charge is 0.334 e. The summed E-state index contributed by atoms with van der Waals surface area (Å²) in [5.41, 5.74) is 2.14. The zero-order valence-electron chi connectivity index (χ0n) is 14.8. The lowest BCUT2D eigenvalue weighted by molar-refractivity contribution is 0.0741. The second kappa shape index (κ2) is 8.43. The lowest BCUT2D eigenvalue weighted by Crippen LogP contribution is -2.31. The SMILES string of the molecule is CCCN(Cc1ccccc1F)C(=O)c1cccc(Cn2cccn2)c1. The van der Waals surface area contributed by atoms with E-state index in [2.05, 4.69) is 5.10 Å². The number of rotatable bonds is 7. The molecule has 3 rings (SSSR count). The van der Waals surface area contributed by atoms with Crippen LogP contribution < -0.4 is 0 Å². The summed E-state index contributed by atoms with van der Waals surface area (Å²) >= 11 is 0. The molecule has 1 amide bonds. The summed E-state index contributed by atoms with van der Waals surface area (Å²) in [6.07, 6.45) is 4.43. The summed E-state index contributed by atoms with van der Waals surface area (Å²) < 4.78 is 15.8. The summed E-state index contributed by atoms with van der Waals surface area (Å²) in [5.74, 6) is -0.369. The van der Waals surface area contributed by atoms with Crippen molar-refractivity contribution in [2.75, 3.05) is 6.54 Å². The van der Waals surface area contributed by atoms with Crippen molar-refractivity contribution in [3.63, 3.8) is 0 Å². The first-order chi connectivity index (χ1) is 12.7. The van der Waals surface area contributed by atoms with Crippen molar-refractivity contribution in [1.82, 2.24) is 14.7 Å². The molecule has 0 fully saturated rings. The maximum Gasteiger partial charge on any atom is 0.254 e. The van der Waals surface area contributed by atoms with Gasteiger partial charge in [-0.2, -0.15) is 5.10 Å². The Morgan fingerprint density at radius 3 is 2.73 bits per heavy atom.